The number of hydrogen-bond donors (Lipinski definition) is 1. The molecule has 0 saturated carbocycles. The lowest BCUT2D eigenvalue weighted by molar-refractivity contribution is -0.143. The summed E-state index contributed by atoms with van der Waals surface area (Å²) >= 11 is 0. The first-order chi connectivity index (χ1) is 7.24. The maximum absolute atomic E-state index is 11.1. The summed E-state index contributed by atoms with van der Waals surface area (Å²) in [4.78, 5) is 15.0. The number of carbonyl (C=O) groups is 1. The lowest BCUT2D eigenvalue weighted by Crippen LogP contribution is -2.13. The van der Waals surface area contributed by atoms with E-state index in [0.29, 0.717) is 19.4 Å². The first-order valence-electron chi connectivity index (χ1n) is 5.05. The third-order valence-corrected chi connectivity index (χ3v) is 2.10. The summed E-state index contributed by atoms with van der Waals surface area (Å²) in [5, 5.41) is 0. The molecule has 0 aliphatic rings. The smallest absolute Gasteiger partial charge is 0.305 e. The second kappa shape index (κ2) is 6.14. The molecule has 0 aromatic carbocycles. The van der Waals surface area contributed by atoms with Crippen molar-refractivity contribution in [1.29, 1.82) is 0 Å². The summed E-state index contributed by atoms with van der Waals surface area (Å²) in [7, 11) is 0. The summed E-state index contributed by atoms with van der Waals surface area (Å²) in [6, 6.07) is 3.59. The Morgan fingerprint density at radius 1 is 1.53 bits per heavy atom. The molecule has 1 heterocycles. The highest BCUT2D eigenvalue weighted by Gasteiger charge is 2.09. The Hall–Kier alpha value is -1.42. The van der Waals surface area contributed by atoms with Gasteiger partial charge in [-0.25, -0.2) is 0 Å². The fourth-order valence-electron chi connectivity index (χ4n) is 1.28. The van der Waals surface area contributed by atoms with Gasteiger partial charge in [-0.1, -0.05) is 0 Å². The van der Waals surface area contributed by atoms with Crippen LogP contribution in [-0.2, 0) is 9.53 Å². The van der Waals surface area contributed by atoms with Gasteiger partial charge in [-0.2, -0.15) is 0 Å². The monoisotopic (exact) mass is 208 g/mol. The van der Waals surface area contributed by atoms with Crippen LogP contribution in [0.25, 0.3) is 0 Å². The van der Waals surface area contributed by atoms with Gasteiger partial charge in [-0.05, 0) is 31.0 Å². The number of pyridine rings is 1. The van der Waals surface area contributed by atoms with Gasteiger partial charge in [0.25, 0.3) is 0 Å². The van der Waals surface area contributed by atoms with Crippen molar-refractivity contribution in [2.45, 2.75) is 25.8 Å². The van der Waals surface area contributed by atoms with Crippen LogP contribution in [-0.4, -0.2) is 17.6 Å². The Morgan fingerprint density at radius 2 is 2.20 bits per heavy atom. The Bertz CT molecular complexity index is 301. The predicted octanol–water partition coefficient (Wildman–Crippen LogP) is 1.42. The number of nitrogens with zero attached hydrogens (tertiary/aromatic N) is 1. The molecule has 0 amide bonds. The van der Waals surface area contributed by atoms with Crippen LogP contribution < -0.4 is 5.73 Å². The average Bonchev–Trinajstić information content (AvgIpc) is 2.27. The molecule has 1 aromatic heterocycles. The van der Waals surface area contributed by atoms with E-state index in [1.165, 1.54) is 0 Å². The SMILES string of the molecule is CCOC(=O)CCC(N)c1ccncc1. The van der Waals surface area contributed by atoms with Crippen molar-refractivity contribution < 1.29 is 9.53 Å². The molecular weight excluding hydrogens is 192 g/mol. The molecule has 0 bridgehead atoms. The fourth-order valence-corrected chi connectivity index (χ4v) is 1.28. The molecule has 1 atom stereocenters. The number of rotatable bonds is 5. The van der Waals surface area contributed by atoms with Crippen molar-refractivity contribution in [2.24, 2.45) is 5.73 Å². The lowest BCUT2D eigenvalue weighted by atomic mass is 10.0. The van der Waals surface area contributed by atoms with Crippen LogP contribution in [0.3, 0.4) is 0 Å². The van der Waals surface area contributed by atoms with Gasteiger partial charge < -0.3 is 10.5 Å². The van der Waals surface area contributed by atoms with E-state index in [4.69, 9.17) is 10.5 Å². The number of nitrogens with two attached hydrogens (primary N) is 1. The summed E-state index contributed by atoms with van der Waals surface area (Å²) < 4.78 is 4.82. The predicted molar refractivity (Wildman–Crippen MR) is 57.0 cm³/mol. The number of esters is 1. The highest BCUT2D eigenvalue weighted by atomic mass is 16.5. The largest absolute Gasteiger partial charge is 0.466 e. The maximum atomic E-state index is 11.1. The number of aromatic nitrogens is 1. The van der Waals surface area contributed by atoms with Crippen LogP contribution in [0.15, 0.2) is 24.5 Å². The number of ether oxygens (including phenoxy) is 1. The molecule has 4 heteroatoms. The van der Waals surface area contributed by atoms with Gasteiger partial charge in [-0.15, -0.1) is 0 Å². The van der Waals surface area contributed by atoms with Gasteiger partial charge in [0, 0.05) is 24.9 Å². The third kappa shape index (κ3) is 4.08. The van der Waals surface area contributed by atoms with Gasteiger partial charge in [0.2, 0.25) is 0 Å². The molecule has 0 fully saturated rings. The fraction of sp³-hybridized carbons (Fsp3) is 0.455. The van der Waals surface area contributed by atoms with Gasteiger partial charge >= 0.3 is 5.97 Å². The van der Waals surface area contributed by atoms with Crippen LogP contribution in [0.1, 0.15) is 31.4 Å². The molecule has 0 aliphatic carbocycles. The van der Waals surface area contributed by atoms with E-state index >= 15 is 0 Å². The zero-order chi connectivity index (χ0) is 11.1. The molecule has 0 aliphatic heterocycles. The summed E-state index contributed by atoms with van der Waals surface area (Å²) in [5.74, 6) is -0.193. The van der Waals surface area contributed by atoms with E-state index in [0.717, 1.165) is 5.56 Å². The second-order valence-electron chi connectivity index (χ2n) is 3.23. The number of carbonyl (C=O) groups excluding carboxylic acids is 1. The topological polar surface area (TPSA) is 65.2 Å². The second-order valence-corrected chi connectivity index (χ2v) is 3.23. The first kappa shape index (κ1) is 11.7. The maximum Gasteiger partial charge on any atom is 0.305 e. The molecule has 1 unspecified atom stereocenters. The van der Waals surface area contributed by atoms with Crippen molar-refractivity contribution in [3.8, 4) is 0 Å². The zero-order valence-electron chi connectivity index (χ0n) is 8.85. The van der Waals surface area contributed by atoms with E-state index < -0.39 is 0 Å². The van der Waals surface area contributed by atoms with E-state index in [-0.39, 0.29) is 12.0 Å². The standard InChI is InChI=1S/C11H16N2O2/c1-2-15-11(14)4-3-10(12)9-5-7-13-8-6-9/h5-8,10H,2-4,12H2,1H3. The molecule has 0 saturated heterocycles. The highest BCUT2D eigenvalue weighted by molar-refractivity contribution is 5.69. The summed E-state index contributed by atoms with van der Waals surface area (Å²) in [6.45, 7) is 2.21. The lowest BCUT2D eigenvalue weighted by Gasteiger charge is -2.10. The zero-order valence-corrected chi connectivity index (χ0v) is 8.85. The van der Waals surface area contributed by atoms with Gasteiger partial charge in [0.1, 0.15) is 0 Å². The Labute approximate surface area is 89.5 Å². The molecule has 82 valence electrons. The molecular formula is C11H16N2O2. The first-order valence-corrected chi connectivity index (χ1v) is 5.05. The van der Waals surface area contributed by atoms with Crippen LogP contribution in [0.5, 0.6) is 0 Å². The molecule has 1 aromatic rings. The van der Waals surface area contributed by atoms with Crippen molar-refractivity contribution in [2.75, 3.05) is 6.61 Å². The molecule has 0 spiro atoms. The van der Waals surface area contributed by atoms with Crippen molar-refractivity contribution in [1.82, 2.24) is 4.98 Å². The van der Waals surface area contributed by atoms with Crippen molar-refractivity contribution in [3.05, 3.63) is 30.1 Å². The minimum Gasteiger partial charge on any atom is -0.466 e. The van der Waals surface area contributed by atoms with Crippen LogP contribution in [0.2, 0.25) is 0 Å². The molecule has 4 nitrogen and oxygen atoms in total. The van der Waals surface area contributed by atoms with Crippen molar-refractivity contribution >= 4 is 5.97 Å². The van der Waals surface area contributed by atoms with E-state index in [9.17, 15) is 4.79 Å². The van der Waals surface area contributed by atoms with Gasteiger partial charge in [0.15, 0.2) is 0 Å². The van der Waals surface area contributed by atoms with Crippen LogP contribution in [0.4, 0.5) is 0 Å². The van der Waals surface area contributed by atoms with E-state index in [2.05, 4.69) is 4.98 Å². The van der Waals surface area contributed by atoms with Gasteiger partial charge in [-0.3, -0.25) is 9.78 Å². The minimum absolute atomic E-state index is 0.127. The molecule has 2 N–H and O–H groups in total. The average molecular weight is 208 g/mol. The van der Waals surface area contributed by atoms with Crippen LogP contribution in [0, 0.1) is 0 Å². The Balaban J connectivity index is 2.37. The summed E-state index contributed by atoms with van der Waals surface area (Å²) in [6.07, 6.45) is 4.35. The van der Waals surface area contributed by atoms with Crippen LogP contribution >= 0.6 is 0 Å². The normalized spacial score (nSPS) is 12.1. The number of hydrogen-bond acceptors (Lipinski definition) is 4. The highest BCUT2D eigenvalue weighted by Crippen LogP contribution is 2.14. The Kier molecular flexibility index (Phi) is 4.77. The van der Waals surface area contributed by atoms with Gasteiger partial charge in [0.05, 0.1) is 6.61 Å². The minimum atomic E-state index is -0.193. The third-order valence-electron chi connectivity index (χ3n) is 2.10. The molecule has 15 heavy (non-hydrogen) atoms. The van der Waals surface area contributed by atoms with Crippen molar-refractivity contribution in [3.63, 3.8) is 0 Å². The molecule has 1 rings (SSSR count). The summed E-state index contributed by atoms with van der Waals surface area (Å²) in [5.41, 5.74) is 6.90. The van der Waals surface area contributed by atoms with E-state index in [1.54, 1.807) is 19.3 Å². The Morgan fingerprint density at radius 3 is 2.80 bits per heavy atom. The molecule has 0 radical (unpaired) electrons. The van der Waals surface area contributed by atoms with E-state index in [1.807, 2.05) is 12.1 Å². The quantitative estimate of drug-likeness (QED) is 0.743.